The molecule has 0 aliphatic carbocycles. The van der Waals surface area contributed by atoms with Gasteiger partial charge in [0.15, 0.2) is 0 Å². The fourth-order valence-corrected chi connectivity index (χ4v) is 1.70. The zero-order chi connectivity index (χ0) is 13.5. The molecule has 0 bridgehead atoms. The summed E-state index contributed by atoms with van der Waals surface area (Å²) in [5.41, 5.74) is 7.72. The molecular formula is C14H18N4O. The minimum atomic E-state index is 0.569. The quantitative estimate of drug-likeness (QED) is 0.830. The molecule has 0 atom stereocenters. The number of nitrogens with two attached hydrogens (primary N) is 1. The third-order valence-electron chi connectivity index (χ3n) is 2.59. The fraction of sp³-hybridized carbons (Fsp3) is 0.286. The van der Waals surface area contributed by atoms with Gasteiger partial charge in [0, 0.05) is 11.8 Å². The van der Waals surface area contributed by atoms with Crippen LogP contribution >= 0.6 is 0 Å². The lowest BCUT2D eigenvalue weighted by Gasteiger charge is -2.08. The summed E-state index contributed by atoms with van der Waals surface area (Å²) < 4.78 is 5.33. The number of aromatic nitrogens is 2. The van der Waals surface area contributed by atoms with Crippen LogP contribution in [0, 0.1) is 0 Å². The van der Waals surface area contributed by atoms with Crippen molar-refractivity contribution >= 4 is 11.5 Å². The molecule has 1 heterocycles. The van der Waals surface area contributed by atoms with Crippen molar-refractivity contribution in [2.45, 2.75) is 13.3 Å². The summed E-state index contributed by atoms with van der Waals surface area (Å²) >= 11 is 0. The first-order valence-electron chi connectivity index (χ1n) is 6.32. The molecule has 5 heteroatoms. The molecule has 0 saturated heterocycles. The second kappa shape index (κ2) is 6.70. The Kier molecular flexibility index (Phi) is 4.69. The Hall–Kier alpha value is -2.14. The van der Waals surface area contributed by atoms with Crippen molar-refractivity contribution in [3.05, 3.63) is 42.2 Å². The normalized spacial score (nSPS) is 10.2. The molecular weight excluding hydrogens is 240 g/mol. The van der Waals surface area contributed by atoms with Crippen molar-refractivity contribution in [1.29, 1.82) is 0 Å². The molecule has 2 rings (SSSR count). The van der Waals surface area contributed by atoms with Crippen LogP contribution in [0.2, 0.25) is 0 Å². The van der Waals surface area contributed by atoms with Gasteiger partial charge >= 0.3 is 0 Å². The zero-order valence-electron chi connectivity index (χ0n) is 11.0. The van der Waals surface area contributed by atoms with E-state index in [9.17, 15) is 0 Å². The Morgan fingerprint density at radius 2 is 2.00 bits per heavy atom. The summed E-state index contributed by atoms with van der Waals surface area (Å²) in [4.78, 5) is 8.18. The van der Waals surface area contributed by atoms with Gasteiger partial charge in [0.05, 0.1) is 6.61 Å². The van der Waals surface area contributed by atoms with E-state index >= 15 is 0 Å². The lowest BCUT2D eigenvalue weighted by Crippen LogP contribution is -2.02. The molecule has 5 nitrogen and oxygen atoms in total. The summed E-state index contributed by atoms with van der Waals surface area (Å²) in [6.45, 7) is 3.17. The van der Waals surface area contributed by atoms with Crippen LogP contribution in [-0.2, 0) is 6.42 Å². The van der Waals surface area contributed by atoms with Gasteiger partial charge in [-0.1, -0.05) is 12.1 Å². The molecule has 0 saturated carbocycles. The number of hydrogen-bond acceptors (Lipinski definition) is 5. The first kappa shape index (κ1) is 13.3. The van der Waals surface area contributed by atoms with Crippen LogP contribution in [0.15, 0.2) is 36.7 Å². The average molecular weight is 258 g/mol. The van der Waals surface area contributed by atoms with Gasteiger partial charge in [0.1, 0.15) is 12.1 Å². The van der Waals surface area contributed by atoms with Crippen molar-refractivity contribution in [3.8, 4) is 5.88 Å². The second-order valence-electron chi connectivity index (χ2n) is 4.04. The Morgan fingerprint density at radius 3 is 2.68 bits per heavy atom. The predicted molar refractivity (Wildman–Crippen MR) is 75.7 cm³/mol. The third kappa shape index (κ3) is 3.93. The summed E-state index contributed by atoms with van der Waals surface area (Å²) in [7, 11) is 0. The molecule has 0 spiro atoms. The van der Waals surface area contributed by atoms with E-state index in [0.717, 1.165) is 12.1 Å². The highest BCUT2D eigenvalue weighted by Crippen LogP contribution is 2.17. The van der Waals surface area contributed by atoms with Crippen LogP contribution in [0.5, 0.6) is 5.88 Å². The lowest BCUT2D eigenvalue weighted by molar-refractivity contribution is 0.326. The molecule has 2 aromatic rings. The third-order valence-corrected chi connectivity index (χ3v) is 2.59. The highest BCUT2D eigenvalue weighted by molar-refractivity contribution is 5.56. The molecule has 100 valence electrons. The van der Waals surface area contributed by atoms with E-state index in [1.54, 1.807) is 6.07 Å². The van der Waals surface area contributed by atoms with Gasteiger partial charge in [-0.25, -0.2) is 9.97 Å². The van der Waals surface area contributed by atoms with Crippen LogP contribution < -0.4 is 15.8 Å². The van der Waals surface area contributed by atoms with Gasteiger partial charge < -0.3 is 15.8 Å². The van der Waals surface area contributed by atoms with Crippen molar-refractivity contribution in [2.24, 2.45) is 5.73 Å². The monoisotopic (exact) mass is 258 g/mol. The molecule has 3 N–H and O–H groups in total. The Bertz CT molecular complexity index is 513. The van der Waals surface area contributed by atoms with Gasteiger partial charge in [0.2, 0.25) is 5.88 Å². The standard InChI is InChI=1S/C14H18N4O/c1-2-19-14-9-13(16-10-17-14)18-12-5-3-11(4-6-12)7-8-15/h3-6,9-10H,2,7-8,15H2,1H3,(H,16,17,18). The minimum Gasteiger partial charge on any atom is -0.478 e. The molecule has 1 aromatic heterocycles. The van der Waals surface area contributed by atoms with Gasteiger partial charge in [-0.05, 0) is 37.6 Å². The number of benzene rings is 1. The largest absolute Gasteiger partial charge is 0.478 e. The van der Waals surface area contributed by atoms with Gasteiger partial charge in [0.25, 0.3) is 0 Å². The highest BCUT2D eigenvalue weighted by atomic mass is 16.5. The Balaban J connectivity index is 2.05. The predicted octanol–water partition coefficient (Wildman–Crippen LogP) is 2.12. The molecule has 0 fully saturated rings. The number of rotatable bonds is 6. The van der Waals surface area contributed by atoms with E-state index in [4.69, 9.17) is 10.5 Å². The Labute approximate surface area is 112 Å². The van der Waals surface area contributed by atoms with E-state index in [2.05, 4.69) is 27.4 Å². The number of nitrogens with one attached hydrogen (secondary N) is 1. The number of nitrogens with zero attached hydrogens (tertiary/aromatic N) is 2. The van der Waals surface area contributed by atoms with Crippen LogP contribution in [0.25, 0.3) is 0 Å². The van der Waals surface area contributed by atoms with Crippen LogP contribution in [0.1, 0.15) is 12.5 Å². The van der Waals surface area contributed by atoms with Gasteiger partial charge in [-0.2, -0.15) is 0 Å². The van der Waals surface area contributed by atoms with Gasteiger partial charge in [-0.15, -0.1) is 0 Å². The van der Waals surface area contributed by atoms with Crippen molar-refractivity contribution in [1.82, 2.24) is 9.97 Å². The molecule has 0 amide bonds. The number of anilines is 2. The number of ether oxygens (including phenoxy) is 1. The molecule has 0 unspecified atom stereocenters. The average Bonchev–Trinajstić information content (AvgIpc) is 2.42. The fourth-order valence-electron chi connectivity index (χ4n) is 1.70. The van der Waals surface area contributed by atoms with E-state index in [1.165, 1.54) is 11.9 Å². The SMILES string of the molecule is CCOc1cc(Nc2ccc(CCN)cc2)ncn1. The maximum atomic E-state index is 5.52. The first-order valence-corrected chi connectivity index (χ1v) is 6.32. The summed E-state index contributed by atoms with van der Waals surface area (Å²) in [5.74, 6) is 1.28. The van der Waals surface area contributed by atoms with Crippen LogP contribution in [0.3, 0.4) is 0 Å². The number of hydrogen-bond donors (Lipinski definition) is 2. The topological polar surface area (TPSA) is 73.1 Å². The maximum Gasteiger partial charge on any atom is 0.218 e. The molecule has 0 radical (unpaired) electrons. The van der Waals surface area contributed by atoms with E-state index in [0.29, 0.717) is 24.8 Å². The highest BCUT2D eigenvalue weighted by Gasteiger charge is 2.00. The van der Waals surface area contributed by atoms with E-state index in [-0.39, 0.29) is 0 Å². The molecule has 0 aliphatic rings. The lowest BCUT2D eigenvalue weighted by atomic mass is 10.1. The maximum absolute atomic E-state index is 5.52. The van der Waals surface area contributed by atoms with Crippen LogP contribution in [0.4, 0.5) is 11.5 Å². The van der Waals surface area contributed by atoms with Crippen LogP contribution in [-0.4, -0.2) is 23.1 Å². The smallest absolute Gasteiger partial charge is 0.218 e. The van der Waals surface area contributed by atoms with Gasteiger partial charge in [-0.3, -0.25) is 0 Å². The summed E-state index contributed by atoms with van der Waals surface area (Å²) in [5, 5.41) is 3.21. The van der Waals surface area contributed by atoms with E-state index in [1.807, 2.05) is 19.1 Å². The summed E-state index contributed by atoms with van der Waals surface area (Å²) in [6, 6.07) is 9.90. The van der Waals surface area contributed by atoms with Crippen molar-refractivity contribution in [2.75, 3.05) is 18.5 Å². The minimum absolute atomic E-state index is 0.569. The Morgan fingerprint density at radius 1 is 1.21 bits per heavy atom. The second-order valence-corrected chi connectivity index (χ2v) is 4.04. The van der Waals surface area contributed by atoms with E-state index < -0.39 is 0 Å². The summed E-state index contributed by atoms with van der Waals surface area (Å²) in [6.07, 6.45) is 2.37. The van der Waals surface area contributed by atoms with Crippen molar-refractivity contribution in [3.63, 3.8) is 0 Å². The zero-order valence-corrected chi connectivity index (χ0v) is 11.0. The first-order chi connectivity index (χ1) is 9.31. The molecule has 0 aliphatic heterocycles. The molecule has 19 heavy (non-hydrogen) atoms. The van der Waals surface area contributed by atoms with Crippen molar-refractivity contribution < 1.29 is 4.74 Å². The molecule has 1 aromatic carbocycles.